The molecule has 0 aromatic carbocycles. The maximum absolute atomic E-state index is 5.70. The van der Waals surface area contributed by atoms with E-state index in [0.717, 1.165) is 171 Å². The molecule has 90 heavy (non-hydrogen) atoms. The van der Waals surface area contributed by atoms with Crippen LogP contribution in [0.5, 0.6) is 0 Å². The number of ether oxygens (including phenoxy) is 16. The molecule has 0 aromatic rings. The third-order valence-corrected chi connectivity index (χ3v) is 16.9. The van der Waals surface area contributed by atoms with E-state index in [1.54, 1.807) is 49.8 Å². The Balaban J connectivity index is 0.000000515. The van der Waals surface area contributed by atoms with E-state index in [9.17, 15) is 0 Å². The molecule has 540 valence electrons. The van der Waals surface area contributed by atoms with Gasteiger partial charge in [0.05, 0.1) is 105 Å². The van der Waals surface area contributed by atoms with Gasteiger partial charge in [0.1, 0.15) is 97.7 Å². The van der Waals surface area contributed by atoms with E-state index in [1.165, 1.54) is 39.2 Å². The third-order valence-electron chi connectivity index (χ3n) is 16.9. The largest absolute Gasteiger partial charge is 0.463 e. The van der Waals surface area contributed by atoms with E-state index >= 15 is 0 Å². The summed E-state index contributed by atoms with van der Waals surface area (Å²) in [6.45, 7) is 40.6. The van der Waals surface area contributed by atoms with Crippen molar-refractivity contribution in [2.75, 3.05) is 214 Å². The van der Waals surface area contributed by atoms with Crippen LogP contribution in [-0.2, 0) is 75.8 Å². The molecule has 8 N–H and O–H groups in total. The van der Waals surface area contributed by atoms with Gasteiger partial charge in [-0.2, -0.15) is 56.4 Å². The second-order valence-corrected chi connectivity index (χ2v) is 24.0. The molecule has 4 unspecified atom stereocenters. The third kappa shape index (κ3) is 34.3. The minimum atomic E-state index is 0.234. The van der Waals surface area contributed by atoms with Crippen molar-refractivity contribution in [2.24, 2.45) is 0 Å². The average molecular weight is 1300 g/mol. The van der Waals surface area contributed by atoms with Gasteiger partial charge in [0, 0.05) is 109 Å². The Kier molecular flexibility index (Phi) is 50.5. The lowest BCUT2D eigenvalue weighted by Crippen LogP contribution is -3.05. The second kappa shape index (κ2) is 52.2. The second-order valence-electron chi connectivity index (χ2n) is 24.0. The maximum atomic E-state index is 5.70. The van der Waals surface area contributed by atoms with Gasteiger partial charge < -0.3 is 115 Å². The highest BCUT2D eigenvalue weighted by Crippen LogP contribution is 2.11. The van der Waals surface area contributed by atoms with Gasteiger partial charge in [0.15, 0.2) is 0 Å². The summed E-state index contributed by atoms with van der Waals surface area (Å²) in [5, 5.41) is 0. The van der Waals surface area contributed by atoms with Crippen molar-refractivity contribution in [2.45, 2.75) is 166 Å². The van der Waals surface area contributed by atoms with Crippen LogP contribution in [0.4, 0.5) is 0 Å². The maximum Gasteiger partial charge on any atom is 0.136 e. The Hall–Kier alpha value is -0.960. The molecule has 24 heteroatoms. The number of methoxy groups -OCH3 is 7. The summed E-state index contributed by atoms with van der Waals surface area (Å²) in [4.78, 5) is 9.98. The van der Waals surface area contributed by atoms with E-state index < -0.39 is 0 Å². The Morgan fingerprint density at radius 1 is 0.200 bits per heavy atom. The van der Waals surface area contributed by atoms with Crippen LogP contribution >= 0.6 is 0 Å². The topological polar surface area (TPSA) is 183 Å². The highest BCUT2D eigenvalue weighted by molar-refractivity contribution is 4.79. The number of hydrogen-bond acceptors (Lipinski definition) is 16. The van der Waals surface area contributed by atoms with Crippen LogP contribution in [0.3, 0.4) is 0 Å². The van der Waals surface area contributed by atoms with Gasteiger partial charge in [-0.25, -0.2) is 0 Å². The smallest absolute Gasteiger partial charge is 0.136 e. The lowest BCUT2D eigenvalue weighted by Gasteiger charge is -2.16. The zero-order chi connectivity index (χ0) is 67.6. The molecule has 8 heterocycles. The Morgan fingerprint density at radius 2 is 0.311 bits per heavy atom. The number of rotatable bonds is 26. The van der Waals surface area contributed by atoms with Crippen molar-refractivity contribution in [3.63, 3.8) is 0 Å². The Morgan fingerprint density at radius 3 is 0.433 bits per heavy atom. The minimum Gasteiger partial charge on any atom is -0.463 e. The molecule has 0 bridgehead atoms. The van der Waals surface area contributed by atoms with Gasteiger partial charge in [-0.05, 0) is 61.8 Å². The van der Waals surface area contributed by atoms with Crippen LogP contribution in [0.2, 0.25) is 0 Å². The molecule has 8 aliphatic heterocycles. The fraction of sp³-hybridized carbons (Fsp3) is 0.879. The van der Waals surface area contributed by atoms with Crippen molar-refractivity contribution >= 4 is 0 Å². The highest BCUT2D eigenvalue weighted by Gasteiger charge is 2.38. The van der Waals surface area contributed by atoms with Crippen molar-refractivity contribution in [1.29, 1.82) is 0 Å². The molecule has 0 aliphatic carbocycles. The lowest BCUT2D eigenvalue weighted by molar-refractivity contribution is -0.843. The van der Waals surface area contributed by atoms with Crippen molar-refractivity contribution in [3.05, 3.63) is 56.4 Å². The number of likely N-dealkylation sites (tertiary alicyclic amines) is 8. The lowest BCUT2D eigenvalue weighted by atomic mass is 10.2. The van der Waals surface area contributed by atoms with Gasteiger partial charge >= 0.3 is 0 Å². The SMILES string of the molecule is [CH2-][NH+]1C[C@@H](OC)[C@H](OC)C1.[CH2-][NH+]1C[C@@H](OC)[C@H](OCC)C1.[CH2-][NH+]1C[C@@H](OCC)[C@H](OCC)C1.[CH2-][NH+]1C[C@@H](OCC)[C@H](OCCC)C1.[CH2-][NH+]1C[C@H](OC)[C@@H](OC)C1.[CH2-][NH+]1C[C@H](OC)[C@H](OC)C1.[CH2-][NH+]1C[C@H](OCC)[C@@H](OCC)C1.[CH2-][NH+]1C[C@H](OCC)[C@H](OCC)C1. The fourth-order valence-corrected chi connectivity index (χ4v) is 12.4. The summed E-state index contributed by atoms with van der Waals surface area (Å²) in [5.41, 5.74) is 0. The fourth-order valence-electron chi connectivity index (χ4n) is 12.4. The summed E-state index contributed by atoms with van der Waals surface area (Å²) in [5.74, 6) is 0. The molecule has 8 aliphatic rings. The Bertz CT molecular complexity index is 1440. The van der Waals surface area contributed by atoms with Gasteiger partial charge in [-0.1, -0.05) is 6.92 Å². The van der Waals surface area contributed by atoms with Crippen LogP contribution in [-0.4, -0.2) is 312 Å². The zero-order valence-electron chi connectivity index (χ0n) is 59.8. The molecular weight excluding hydrogens is 1160 g/mol. The molecule has 0 amide bonds. The van der Waals surface area contributed by atoms with E-state index in [1.807, 2.05) is 55.4 Å². The average Bonchev–Trinajstić information content (AvgIpc) is 4.58. The van der Waals surface area contributed by atoms with E-state index in [-0.39, 0.29) is 97.7 Å². The van der Waals surface area contributed by atoms with Crippen LogP contribution in [0.25, 0.3) is 0 Å². The van der Waals surface area contributed by atoms with Gasteiger partial charge in [0.25, 0.3) is 0 Å². The molecule has 20 atom stereocenters. The number of hydrogen-bond donors (Lipinski definition) is 8. The standard InChI is InChI=1S/C10H21NO2.3C9H19NO2.C8H17NO2.3C7H15NO2/c1-4-6-13-10-8-11(3)7-9(10)12-5-2;3*1-4-11-8-6-10(3)7-9(8)12-5-2;1-4-11-8-6-9(2)5-7(8)10-3;3*1-8-4-6(9-2)7(5-8)10-3/h9-11H,3-8H2,1-2H3;3*8-10H,3-7H2,1-2H3;7-9H,2,4-6H2,1,3H3;3*6-8H,1,4-5H2,2-3H3/t9-,10-;8-,9+;2*8-,9-;7-,8-;6-,7+;2*6-,7-/m1.101.10/s1. The molecule has 0 radical (unpaired) electrons. The number of quaternary nitrogens is 8. The van der Waals surface area contributed by atoms with Crippen molar-refractivity contribution in [1.82, 2.24) is 0 Å². The predicted octanol–water partition coefficient (Wildman–Crippen LogP) is -6.45. The molecule has 8 rings (SSSR count). The van der Waals surface area contributed by atoms with Crippen molar-refractivity contribution < 1.29 is 115 Å². The highest BCUT2D eigenvalue weighted by atomic mass is 16.6. The molecular formula is C66H140N8O16. The van der Waals surface area contributed by atoms with E-state index in [0.29, 0.717) is 0 Å². The molecule has 0 spiro atoms. The summed E-state index contributed by atoms with van der Waals surface area (Å²) in [6, 6.07) is 0. The normalized spacial score (nSPS) is 34.9. The zero-order valence-corrected chi connectivity index (χ0v) is 59.8. The summed E-state index contributed by atoms with van der Waals surface area (Å²) in [6.07, 6.45) is 4.98. The van der Waals surface area contributed by atoms with Gasteiger partial charge in [-0.15, -0.1) is 0 Å². The van der Waals surface area contributed by atoms with Crippen LogP contribution < -0.4 is 39.2 Å². The molecule has 8 saturated heterocycles. The summed E-state index contributed by atoms with van der Waals surface area (Å²) in [7, 11) is 43.5. The Labute approximate surface area is 549 Å². The first-order chi connectivity index (χ1) is 43.2. The predicted molar refractivity (Wildman–Crippen MR) is 347 cm³/mol. The first-order valence-corrected chi connectivity index (χ1v) is 33.8. The molecule has 0 aromatic heterocycles. The summed E-state index contributed by atoms with van der Waals surface area (Å²) >= 11 is 0. The summed E-state index contributed by atoms with van der Waals surface area (Å²) < 4.78 is 86.6. The van der Waals surface area contributed by atoms with E-state index in [4.69, 9.17) is 75.8 Å². The minimum absolute atomic E-state index is 0.234. The first-order valence-electron chi connectivity index (χ1n) is 33.8. The monoisotopic (exact) mass is 1300 g/mol. The van der Waals surface area contributed by atoms with Crippen molar-refractivity contribution in [3.8, 4) is 0 Å². The number of nitrogens with one attached hydrogen (secondary N) is 8. The van der Waals surface area contributed by atoms with Crippen LogP contribution in [0, 0.1) is 56.4 Å². The van der Waals surface area contributed by atoms with Crippen LogP contribution in [0.1, 0.15) is 68.7 Å². The van der Waals surface area contributed by atoms with E-state index in [2.05, 4.69) is 63.3 Å². The molecule has 24 nitrogen and oxygen atoms in total. The molecule has 8 fully saturated rings. The quantitative estimate of drug-likeness (QED) is 0.0383. The van der Waals surface area contributed by atoms with Gasteiger partial charge in [-0.3, -0.25) is 0 Å². The van der Waals surface area contributed by atoms with Crippen LogP contribution in [0.15, 0.2) is 0 Å². The van der Waals surface area contributed by atoms with Gasteiger partial charge in [0.2, 0.25) is 0 Å². The first kappa shape index (κ1) is 87.1. The molecule has 0 saturated carbocycles.